The fourth-order valence-corrected chi connectivity index (χ4v) is 5.08. The number of benzene rings is 1. The Bertz CT molecular complexity index is 1160. The van der Waals surface area contributed by atoms with Gasteiger partial charge in [-0.2, -0.15) is 0 Å². The van der Waals surface area contributed by atoms with Gasteiger partial charge in [0.05, 0.1) is 20.8 Å². The topological polar surface area (TPSA) is 84.0 Å². The molecule has 0 aliphatic rings. The Hall–Kier alpha value is -2.82. The standard InChI is InChI=1S/C19H13FN4O2S3/c20-12-5-3-11(4-6-12)15-8-13-17(29-15)19(22-10-21-13)28-9-16(25)23-24-18(26)14-2-1-7-27-14/h1-8,10H,9H2,(H,23,25)(H,24,26). The molecule has 0 spiro atoms. The molecule has 0 unspecified atom stereocenters. The largest absolute Gasteiger partial charge is 0.279 e. The quantitative estimate of drug-likeness (QED) is 0.275. The summed E-state index contributed by atoms with van der Waals surface area (Å²) < 4.78 is 14.0. The number of nitrogens with one attached hydrogen (secondary N) is 2. The normalized spacial score (nSPS) is 10.8. The monoisotopic (exact) mass is 444 g/mol. The van der Waals surface area contributed by atoms with Crippen molar-refractivity contribution in [2.75, 3.05) is 5.75 Å². The predicted octanol–water partition coefficient (Wildman–Crippen LogP) is 4.11. The first kappa shape index (κ1) is 19.5. The minimum Gasteiger partial charge on any atom is -0.272 e. The van der Waals surface area contributed by atoms with E-state index in [0.29, 0.717) is 9.90 Å². The molecule has 6 nitrogen and oxygen atoms in total. The summed E-state index contributed by atoms with van der Waals surface area (Å²) in [6, 6.07) is 11.6. The number of aromatic nitrogens is 2. The van der Waals surface area contributed by atoms with Gasteiger partial charge in [0.25, 0.3) is 5.91 Å². The number of carbonyl (C=O) groups is 2. The maximum atomic E-state index is 13.2. The van der Waals surface area contributed by atoms with Gasteiger partial charge in [-0.15, -0.1) is 22.7 Å². The molecule has 3 aromatic heterocycles. The average molecular weight is 445 g/mol. The zero-order valence-corrected chi connectivity index (χ0v) is 17.2. The van der Waals surface area contributed by atoms with Crippen LogP contribution in [0.1, 0.15) is 9.67 Å². The number of hydrazine groups is 1. The number of rotatable bonds is 5. The summed E-state index contributed by atoms with van der Waals surface area (Å²) in [5.41, 5.74) is 6.43. The molecule has 29 heavy (non-hydrogen) atoms. The first-order valence-electron chi connectivity index (χ1n) is 8.36. The molecule has 1 aromatic carbocycles. The van der Waals surface area contributed by atoms with E-state index in [0.717, 1.165) is 20.7 Å². The zero-order chi connectivity index (χ0) is 20.2. The van der Waals surface area contributed by atoms with Crippen LogP contribution in [0, 0.1) is 5.82 Å². The first-order valence-corrected chi connectivity index (χ1v) is 11.0. The summed E-state index contributed by atoms with van der Waals surface area (Å²) in [5, 5.41) is 2.46. The van der Waals surface area contributed by atoms with Crippen LogP contribution in [0.15, 0.2) is 59.2 Å². The summed E-state index contributed by atoms with van der Waals surface area (Å²) in [6.45, 7) is 0. The van der Waals surface area contributed by atoms with Crippen LogP contribution in [0.2, 0.25) is 0 Å². The Labute approximate surface area is 177 Å². The summed E-state index contributed by atoms with van der Waals surface area (Å²) >= 11 is 4.03. The number of halogens is 1. The van der Waals surface area contributed by atoms with Crippen LogP contribution in [-0.4, -0.2) is 27.5 Å². The Morgan fingerprint density at radius 3 is 2.69 bits per heavy atom. The van der Waals surface area contributed by atoms with E-state index in [4.69, 9.17) is 0 Å². The van der Waals surface area contributed by atoms with Crippen LogP contribution < -0.4 is 10.9 Å². The molecular weight excluding hydrogens is 431 g/mol. The van der Waals surface area contributed by atoms with Crippen molar-refractivity contribution >= 4 is 56.5 Å². The molecule has 0 atom stereocenters. The number of amides is 2. The van der Waals surface area contributed by atoms with Gasteiger partial charge in [-0.05, 0) is 35.2 Å². The molecule has 0 radical (unpaired) electrons. The molecule has 4 rings (SSSR count). The highest BCUT2D eigenvalue weighted by molar-refractivity contribution is 8.00. The number of hydrogen-bond donors (Lipinski definition) is 2. The minimum absolute atomic E-state index is 0.0839. The van der Waals surface area contributed by atoms with E-state index in [9.17, 15) is 14.0 Å². The molecule has 0 aliphatic carbocycles. The number of hydrogen-bond acceptors (Lipinski definition) is 7. The molecule has 0 saturated carbocycles. The van der Waals surface area contributed by atoms with Gasteiger partial charge in [0.1, 0.15) is 17.2 Å². The summed E-state index contributed by atoms with van der Waals surface area (Å²) in [7, 11) is 0. The van der Waals surface area contributed by atoms with Crippen LogP contribution in [-0.2, 0) is 4.79 Å². The van der Waals surface area contributed by atoms with Crippen LogP contribution in [0.25, 0.3) is 20.7 Å². The fraction of sp³-hybridized carbons (Fsp3) is 0.0526. The fourth-order valence-electron chi connectivity index (χ4n) is 2.46. The van der Waals surface area contributed by atoms with Gasteiger partial charge in [-0.3, -0.25) is 20.4 Å². The number of thioether (sulfide) groups is 1. The second-order valence-electron chi connectivity index (χ2n) is 5.78. The van der Waals surface area contributed by atoms with Crippen LogP contribution in [0.4, 0.5) is 4.39 Å². The van der Waals surface area contributed by atoms with E-state index in [1.54, 1.807) is 29.6 Å². The third kappa shape index (κ3) is 4.61. The van der Waals surface area contributed by atoms with Crippen molar-refractivity contribution in [1.29, 1.82) is 0 Å². The predicted molar refractivity (Wildman–Crippen MR) is 113 cm³/mol. The highest BCUT2D eigenvalue weighted by Gasteiger charge is 2.13. The maximum absolute atomic E-state index is 13.2. The van der Waals surface area contributed by atoms with Gasteiger partial charge >= 0.3 is 0 Å². The van der Waals surface area contributed by atoms with Gasteiger partial charge < -0.3 is 0 Å². The van der Waals surface area contributed by atoms with Crippen LogP contribution >= 0.6 is 34.4 Å². The number of thiophene rings is 2. The van der Waals surface area contributed by atoms with E-state index in [2.05, 4.69) is 20.8 Å². The molecular formula is C19H13FN4O2S3. The average Bonchev–Trinajstić information content (AvgIpc) is 3.41. The van der Waals surface area contributed by atoms with Gasteiger partial charge in [-0.25, -0.2) is 14.4 Å². The molecule has 146 valence electrons. The second kappa shape index (κ2) is 8.68. The highest BCUT2D eigenvalue weighted by atomic mass is 32.2. The molecule has 10 heteroatoms. The molecule has 0 saturated heterocycles. The lowest BCUT2D eigenvalue weighted by Gasteiger charge is -2.06. The lowest BCUT2D eigenvalue weighted by atomic mass is 10.2. The van der Waals surface area contributed by atoms with Gasteiger partial charge in [0.2, 0.25) is 5.91 Å². The first-order chi connectivity index (χ1) is 14.1. The van der Waals surface area contributed by atoms with E-state index >= 15 is 0 Å². The van der Waals surface area contributed by atoms with Crippen molar-refractivity contribution < 1.29 is 14.0 Å². The summed E-state index contributed by atoms with van der Waals surface area (Å²) in [4.78, 5) is 33.9. The molecule has 0 bridgehead atoms. The molecule has 0 fully saturated rings. The van der Waals surface area contributed by atoms with Crippen molar-refractivity contribution in [1.82, 2.24) is 20.8 Å². The Balaban J connectivity index is 1.42. The third-order valence-corrected chi connectivity index (χ3v) is 6.98. The van der Waals surface area contributed by atoms with Gasteiger partial charge in [0, 0.05) is 4.88 Å². The number of nitrogens with zero attached hydrogens (tertiary/aromatic N) is 2. The minimum atomic E-state index is -0.357. The van der Waals surface area contributed by atoms with Crippen molar-refractivity contribution in [3.8, 4) is 10.4 Å². The zero-order valence-electron chi connectivity index (χ0n) is 14.7. The Kier molecular flexibility index (Phi) is 5.84. The lowest BCUT2D eigenvalue weighted by molar-refractivity contribution is -0.119. The highest BCUT2D eigenvalue weighted by Crippen LogP contribution is 2.36. The molecule has 4 aromatic rings. The molecule has 3 heterocycles. The smallest absolute Gasteiger partial charge is 0.272 e. The summed E-state index contributed by atoms with van der Waals surface area (Å²) in [6.07, 6.45) is 1.45. The lowest BCUT2D eigenvalue weighted by Crippen LogP contribution is -2.42. The van der Waals surface area contributed by atoms with Crippen molar-refractivity contribution in [2.45, 2.75) is 5.03 Å². The second-order valence-corrected chi connectivity index (χ2v) is 8.74. The third-order valence-electron chi connectivity index (χ3n) is 3.81. The van der Waals surface area contributed by atoms with Crippen molar-refractivity contribution in [3.63, 3.8) is 0 Å². The van der Waals surface area contributed by atoms with Crippen molar-refractivity contribution in [3.05, 3.63) is 64.9 Å². The molecule has 0 aliphatic heterocycles. The Morgan fingerprint density at radius 1 is 1.10 bits per heavy atom. The van der Waals surface area contributed by atoms with Crippen LogP contribution in [0.3, 0.4) is 0 Å². The summed E-state index contributed by atoms with van der Waals surface area (Å²) in [5.74, 6) is -0.907. The maximum Gasteiger partial charge on any atom is 0.279 e. The van der Waals surface area contributed by atoms with E-state index < -0.39 is 0 Å². The molecule has 2 N–H and O–H groups in total. The Morgan fingerprint density at radius 2 is 1.93 bits per heavy atom. The van der Waals surface area contributed by atoms with Crippen molar-refractivity contribution in [2.24, 2.45) is 0 Å². The number of carbonyl (C=O) groups excluding carboxylic acids is 2. The van der Waals surface area contributed by atoms with Gasteiger partial charge in [0.15, 0.2) is 0 Å². The number of fused-ring (bicyclic) bond motifs is 1. The van der Waals surface area contributed by atoms with E-state index in [1.807, 2.05) is 6.07 Å². The van der Waals surface area contributed by atoms with Crippen LogP contribution in [0.5, 0.6) is 0 Å². The van der Waals surface area contributed by atoms with E-state index in [-0.39, 0.29) is 23.4 Å². The molecule has 2 amide bonds. The van der Waals surface area contributed by atoms with E-state index in [1.165, 1.54) is 52.9 Å². The SMILES string of the molecule is O=C(CSc1ncnc2cc(-c3ccc(F)cc3)sc12)NNC(=O)c1cccs1. The van der Waals surface area contributed by atoms with Gasteiger partial charge in [-0.1, -0.05) is 30.0 Å².